The number of nitrogens with zero attached hydrogens (tertiary/aromatic N) is 2. The lowest BCUT2D eigenvalue weighted by Gasteiger charge is -2.11. The largest absolute Gasteiger partial charge is 0.469 e. The highest BCUT2D eigenvalue weighted by Gasteiger charge is 2.00. The van der Waals surface area contributed by atoms with Crippen LogP contribution in [0.2, 0.25) is 0 Å². The van der Waals surface area contributed by atoms with Gasteiger partial charge >= 0.3 is 0 Å². The van der Waals surface area contributed by atoms with E-state index in [-0.39, 0.29) is 24.0 Å². The molecule has 2 aromatic rings. The predicted octanol–water partition coefficient (Wildman–Crippen LogP) is 3.37. The lowest BCUT2D eigenvalue weighted by Crippen LogP contribution is -2.39. The first kappa shape index (κ1) is 19.5. The van der Waals surface area contributed by atoms with Crippen LogP contribution in [0.25, 0.3) is 0 Å². The maximum absolute atomic E-state index is 5.33. The predicted molar refractivity (Wildman–Crippen MR) is 104 cm³/mol. The van der Waals surface area contributed by atoms with Gasteiger partial charge in [0.15, 0.2) is 5.96 Å². The molecule has 0 fully saturated rings. The van der Waals surface area contributed by atoms with E-state index >= 15 is 0 Å². The van der Waals surface area contributed by atoms with Crippen molar-refractivity contribution >= 4 is 29.9 Å². The standard InChI is InChI=1S/C17H24N4O.HI/c1-2-3-10-19-17(20-12-9-16-8-6-13-22-16)21-14-15-7-4-5-11-18-15;/h4-8,11,13H,2-3,9-10,12,14H2,1H3,(H2,19,20,21);1H. The zero-order chi connectivity index (χ0) is 15.5. The van der Waals surface area contributed by atoms with E-state index in [4.69, 9.17) is 4.42 Å². The van der Waals surface area contributed by atoms with Gasteiger partial charge < -0.3 is 15.1 Å². The molecule has 2 heterocycles. The number of rotatable bonds is 8. The number of nitrogens with one attached hydrogen (secondary N) is 2. The molecule has 0 atom stereocenters. The Balaban J connectivity index is 0.00000264. The van der Waals surface area contributed by atoms with E-state index in [0.29, 0.717) is 6.54 Å². The smallest absolute Gasteiger partial charge is 0.191 e. The van der Waals surface area contributed by atoms with Crippen LogP contribution in [0.1, 0.15) is 31.2 Å². The number of aliphatic imine (C=N–C) groups is 1. The van der Waals surface area contributed by atoms with Crippen LogP contribution in [0.4, 0.5) is 0 Å². The quantitative estimate of drug-likeness (QED) is 0.293. The molecule has 2 N–H and O–H groups in total. The van der Waals surface area contributed by atoms with Gasteiger partial charge in [0, 0.05) is 25.7 Å². The Morgan fingerprint density at radius 3 is 2.74 bits per heavy atom. The van der Waals surface area contributed by atoms with Crippen LogP contribution < -0.4 is 10.6 Å². The van der Waals surface area contributed by atoms with Crippen molar-refractivity contribution in [3.8, 4) is 0 Å². The van der Waals surface area contributed by atoms with Crippen molar-refractivity contribution in [3.63, 3.8) is 0 Å². The number of hydrogen-bond acceptors (Lipinski definition) is 3. The maximum atomic E-state index is 5.33. The summed E-state index contributed by atoms with van der Waals surface area (Å²) in [6.45, 7) is 4.46. The van der Waals surface area contributed by atoms with Gasteiger partial charge in [0.1, 0.15) is 5.76 Å². The van der Waals surface area contributed by atoms with Crippen LogP contribution in [0.3, 0.4) is 0 Å². The first-order valence-electron chi connectivity index (χ1n) is 7.83. The number of pyridine rings is 1. The van der Waals surface area contributed by atoms with Crippen molar-refractivity contribution in [3.05, 3.63) is 54.2 Å². The first-order chi connectivity index (χ1) is 10.9. The normalized spacial score (nSPS) is 10.9. The van der Waals surface area contributed by atoms with Gasteiger partial charge in [0.2, 0.25) is 0 Å². The molecule has 0 aliphatic carbocycles. The van der Waals surface area contributed by atoms with Crippen molar-refractivity contribution < 1.29 is 4.42 Å². The van der Waals surface area contributed by atoms with E-state index in [1.54, 1.807) is 12.5 Å². The summed E-state index contributed by atoms with van der Waals surface area (Å²) in [7, 11) is 0. The summed E-state index contributed by atoms with van der Waals surface area (Å²) < 4.78 is 5.33. The summed E-state index contributed by atoms with van der Waals surface area (Å²) in [5.41, 5.74) is 0.963. The van der Waals surface area contributed by atoms with Crippen LogP contribution >= 0.6 is 24.0 Å². The summed E-state index contributed by atoms with van der Waals surface area (Å²) in [5.74, 6) is 1.80. The van der Waals surface area contributed by atoms with Crippen molar-refractivity contribution in [2.45, 2.75) is 32.7 Å². The molecule has 6 heteroatoms. The second-order valence-electron chi connectivity index (χ2n) is 5.02. The van der Waals surface area contributed by atoms with Gasteiger partial charge in [-0.05, 0) is 30.7 Å². The molecule has 0 aromatic carbocycles. The molecular formula is C17H25IN4O. The lowest BCUT2D eigenvalue weighted by atomic mass is 10.3. The monoisotopic (exact) mass is 428 g/mol. The van der Waals surface area contributed by atoms with Crippen molar-refractivity contribution in [1.82, 2.24) is 15.6 Å². The number of hydrogen-bond donors (Lipinski definition) is 2. The summed E-state index contributed by atoms with van der Waals surface area (Å²) >= 11 is 0. The molecule has 0 saturated heterocycles. The van der Waals surface area contributed by atoms with Gasteiger partial charge in [-0.1, -0.05) is 19.4 Å². The highest BCUT2D eigenvalue weighted by molar-refractivity contribution is 14.0. The Kier molecular flexibility index (Phi) is 10.1. The molecule has 0 unspecified atom stereocenters. The molecule has 126 valence electrons. The second kappa shape index (κ2) is 11.9. The fourth-order valence-electron chi connectivity index (χ4n) is 1.97. The van der Waals surface area contributed by atoms with E-state index in [2.05, 4.69) is 27.5 Å². The van der Waals surface area contributed by atoms with Crippen molar-refractivity contribution in [1.29, 1.82) is 0 Å². The number of halogens is 1. The third-order valence-electron chi connectivity index (χ3n) is 3.19. The van der Waals surface area contributed by atoms with E-state index in [9.17, 15) is 0 Å². The zero-order valence-electron chi connectivity index (χ0n) is 13.5. The molecule has 0 saturated carbocycles. The zero-order valence-corrected chi connectivity index (χ0v) is 15.8. The highest BCUT2D eigenvalue weighted by atomic mass is 127. The fourth-order valence-corrected chi connectivity index (χ4v) is 1.97. The summed E-state index contributed by atoms with van der Waals surface area (Å²) in [6, 6.07) is 9.76. The van der Waals surface area contributed by atoms with Crippen LogP contribution in [0.15, 0.2) is 52.2 Å². The summed E-state index contributed by atoms with van der Waals surface area (Å²) in [4.78, 5) is 8.88. The molecule has 5 nitrogen and oxygen atoms in total. The van der Waals surface area contributed by atoms with E-state index in [0.717, 1.165) is 49.8 Å². The minimum Gasteiger partial charge on any atom is -0.469 e. The van der Waals surface area contributed by atoms with Gasteiger partial charge in [-0.3, -0.25) is 4.98 Å². The van der Waals surface area contributed by atoms with Gasteiger partial charge in [-0.25, -0.2) is 4.99 Å². The molecule has 0 aliphatic heterocycles. The lowest BCUT2D eigenvalue weighted by molar-refractivity contribution is 0.506. The topological polar surface area (TPSA) is 62.5 Å². The molecule has 23 heavy (non-hydrogen) atoms. The van der Waals surface area contributed by atoms with Crippen molar-refractivity contribution in [2.24, 2.45) is 4.99 Å². The van der Waals surface area contributed by atoms with E-state index < -0.39 is 0 Å². The number of furan rings is 1. The first-order valence-corrected chi connectivity index (χ1v) is 7.83. The molecule has 0 aliphatic rings. The van der Waals surface area contributed by atoms with Gasteiger partial charge in [-0.15, -0.1) is 24.0 Å². The molecule has 0 radical (unpaired) electrons. The average molecular weight is 428 g/mol. The van der Waals surface area contributed by atoms with E-state index in [1.165, 1.54) is 0 Å². The molecule has 0 amide bonds. The molecule has 2 aromatic heterocycles. The minimum absolute atomic E-state index is 0. The minimum atomic E-state index is 0. The van der Waals surface area contributed by atoms with Gasteiger partial charge in [0.25, 0.3) is 0 Å². The number of unbranched alkanes of at least 4 members (excludes halogenated alkanes) is 1. The average Bonchev–Trinajstić information content (AvgIpc) is 3.06. The molecule has 2 rings (SSSR count). The Labute approximate surface area is 155 Å². The van der Waals surface area contributed by atoms with Crippen LogP contribution in [0, 0.1) is 0 Å². The van der Waals surface area contributed by atoms with Crippen LogP contribution in [-0.4, -0.2) is 24.0 Å². The van der Waals surface area contributed by atoms with Crippen molar-refractivity contribution in [2.75, 3.05) is 13.1 Å². The van der Waals surface area contributed by atoms with E-state index in [1.807, 2.05) is 30.3 Å². The maximum Gasteiger partial charge on any atom is 0.191 e. The number of aromatic nitrogens is 1. The Hall–Kier alpha value is -1.57. The fraction of sp³-hybridized carbons (Fsp3) is 0.412. The van der Waals surface area contributed by atoms with Gasteiger partial charge in [0.05, 0.1) is 18.5 Å². The Morgan fingerprint density at radius 2 is 2.04 bits per heavy atom. The molecule has 0 spiro atoms. The second-order valence-corrected chi connectivity index (χ2v) is 5.02. The number of guanidine groups is 1. The summed E-state index contributed by atoms with van der Waals surface area (Å²) in [6.07, 6.45) is 6.62. The molecule has 0 bridgehead atoms. The summed E-state index contributed by atoms with van der Waals surface area (Å²) in [5, 5.41) is 6.69. The SMILES string of the molecule is CCCCNC(=NCc1ccccn1)NCCc1ccco1.I. The molecular weight excluding hydrogens is 403 g/mol. The highest BCUT2D eigenvalue weighted by Crippen LogP contribution is 2.00. The Bertz CT molecular complexity index is 543. The van der Waals surface area contributed by atoms with Crippen LogP contribution in [-0.2, 0) is 13.0 Å². The van der Waals surface area contributed by atoms with Gasteiger partial charge in [-0.2, -0.15) is 0 Å². The third kappa shape index (κ3) is 8.01. The van der Waals surface area contributed by atoms with Crippen LogP contribution in [0.5, 0.6) is 0 Å². The third-order valence-corrected chi connectivity index (χ3v) is 3.19. The Morgan fingerprint density at radius 1 is 1.17 bits per heavy atom.